The van der Waals surface area contributed by atoms with Crippen molar-refractivity contribution in [2.24, 2.45) is 0 Å². The van der Waals surface area contributed by atoms with Crippen LogP contribution in [0, 0.1) is 0 Å². The van der Waals surface area contributed by atoms with Crippen LogP contribution in [0.5, 0.6) is 0 Å². The summed E-state index contributed by atoms with van der Waals surface area (Å²) in [6.45, 7) is 3.35. The molecule has 3 nitrogen and oxygen atoms in total. The Hall–Kier alpha value is -0.520. The Kier molecular flexibility index (Phi) is 4.35. The lowest BCUT2D eigenvalue weighted by atomic mass is 10.0. The van der Waals surface area contributed by atoms with Crippen LogP contribution in [0.15, 0.2) is 27.6 Å². The molecule has 1 aromatic carbocycles. The number of amides is 1. The van der Waals surface area contributed by atoms with E-state index in [1.807, 2.05) is 19.1 Å². The van der Waals surface area contributed by atoms with Gasteiger partial charge in [0.05, 0.1) is 11.2 Å². The van der Waals surface area contributed by atoms with Gasteiger partial charge in [0.25, 0.3) is 5.91 Å². The molecule has 1 fully saturated rings. The number of halogens is 1. The molecule has 0 spiro atoms. The van der Waals surface area contributed by atoms with Gasteiger partial charge in [-0.1, -0.05) is 15.9 Å². The van der Waals surface area contributed by atoms with Gasteiger partial charge >= 0.3 is 0 Å². The van der Waals surface area contributed by atoms with Crippen LogP contribution in [0.25, 0.3) is 0 Å². The zero-order valence-electron chi connectivity index (χ0n) is 10.2. The van der Waals surface area contributed by atoms with E-state index in [0.717, 1.165) is 23.9 Å². The van der Waals surface area contributed by atoms with Crippen LogP contribution in [0.3, 0.4) is 0 Å². The van der Waals surface area contributed by atoms with Crippen molar-refractivity contribution in [3.8, 4) is 0 Å². The first-order valence-corrected chi connectivity index (χ1v) is 7.15. The predicted octanol–water partition coefficient (Wildman–Crippen LogP) is 3.04. The number of nitrogens with one attached hydrogen (secondary N) is 1. The molecule has 1 amide bonds. The molecule has 0 aliphatic carbocycles. The summed E-state index contributed by atoms with van der Waals surface area (Å²) in [6.07, 6.45) is 2.05. The number of hydrogen-bond acceptors (Lipinski definition) is 3. The standard InChI is InChI=1S/C13H16BrNO2S/c1-13(5-2-6-17-13)8-15-12(16)10-4-3-9(14)7-11(10)18/h3-4,7,18H,2,5-6,8H2,1H3,(H,15,16). The summed E-state index contributed by atoms with van der Waals surface area (Å²) in [5, 5.41) is 2.91. The number of ether oxygens (including phenoxy) is 1. The summed E-state index contributed by atoms with van der Waals surface area (Å²) in [5.74, 6) is -0.107. The molecular weight excluding hydrogens is 314 g/mol. The zero-order chi connectivity index (χ0) is 13.2. The smallest absolute Gasteiger partial charge is 0.252 e. The van der Waals surface area contributed by atoms with Crippen LogP contribution in [0.1, 0.15) is 30.1 Å². The van der Waals surface area contributed by atoms with Gasteiger partial charge in [0.1, 0.15) is 0 Å². The monoisotopic (exact) mass is 329 g/mol. The molecule has 0 bridgehead atoms. The van der Waals surface area contributed by atoms with E-state index < -0.39 is 0 Å². The lowest BCUT2D eigenvalue weighted by molar-refractivity contribution is 0.0205. The fourth-order valence-corrected chi connectivity index (χ4v) is 2.89. The molecule has 1 unspecified atom stereocenters. The maximum absolute atomic E-state index is 12.0. The Bertz CT molecular complexity index is 458. The maximum atomic E-state index is 12.0. The fraction of sp³-hybridized carbons (Fsp3) is 0.462. The van der Waals surface area contributed by atoms with E-state index in [4.69, 9.17) is 4.74 Å². The van der Waals surface area contributed by atoms with Crippen LogP contribution in [0.2, 0.25) is 0 Å². The van der Waals surface area contributed by atoms with Gasteiger partial charge in [0, 0.05) is 22.5 Å². The lowest BCUT2D eigenvalue weighted by Crippen LogP contribution is -2.40. The van der Waals surface area contributed by atoms with Crippen LogP contribution in [-0.4, -0.2) is 24.7 Å². The number of carbonyl (C=O) groups is 1. The van der Waals surface area contributed by atoms with Gasteiger partial charge in [-0.15, -0.1) is 12.6 Å². The molecule has 1 aromatic rings. The van der Waals surface area contributed by atoms with E-state index in [1.165, 1.54) is 0 Å². The third-order valence-corrected chi connectivity index (χ3v) is 3.99. The fourth-order valence-electron chi connectivity index (χ4n) is 2.04. The first kappa shape index (κ1) is 13.9. The highest BCUT2D eigenvalue weighted by atomic mass is 79.9. The second-order valence-corrected chi connectivity index (χ2v) is 6.14. The van der Waals surface area contributed by atoms with Gasteiger partial charge in [0.2, 0.25) is 0 Å². The number of hydrogen-bond donors (Lipinski definition) is 2. The van der Waals surface area contributed by atoms with Crippen LogP contribution < -0.4 is 5.32 Å². The summed E-state index contributed by atoms with van der Waals surface area (Å²) in [7, 11) is 0. The van der Waals surface area contributed by atoms with Crippen molar-refractivity contribution < 1.29 is 9.53 Å². The molecule has 98 valence electrons. The van der Waals surface area contributed by atoms with E-state index in [0.29, 0.717) is 17.0 Å². The Morgan fingerprint density at radius 1 is 1.61 bits per heavy atom. The van der Waals surface area contributed by atoms with E-state index in [-0.39, 0.29) is 11.5 Å². The molecule has 5 heteroatoms. The minimum Gasteiger partial charge on any atom is -0.373 e. The van der Waals surface area contributed by atoms with Crippen molar-refractivity contribution in [3.63, 3.8) is 0 Å². The lowest BCUT2D eigenvalue weighted by Gasteiger charge is -2.23. The van der Waals surface area contributed by atoms with Crippen molar-refractivity contribution in [1.82, 2.24) is 5.32 Å². The van der Waals surface area contributed by atoms with Crippen LogP contribution in [0.4, 0.5) is 0 Å². The predicted molar refractivity (Wildman–Crippen MR) is 77.3 cm³/mol. The quantitative estimate of drug-likeness (QED) is 0.836. The maximum Gasteiger partial charge on any atom is 0.252 e. The van der Waals surface area contributed by atoms with Gasteiger partial charge < -0.3 is 10.1 Å². The molecule has 0 radical (unpaired) electrons. The normalized spacial score (nSPS) is 23.1. The Morgan fingerprint density at radius 2 is 2.39 bits per heavy atom. The number of thiol groups is 1. The molecule has 1 aliphatic rings. The molecule has 1 atom stereocenters. The second kappa shape index (κ2) is 5.63. The van der Waals surface area contributed by atoms with Crippen molar-refractivity contribution in [3.05, 3.63) is 28.2 Å². The zero-order valence-corrected chi connectivity index (χ0v) is 12.7. The van der Waals surface area contributed by atoms with Crippen molar-refractivity contribution >= 4 is 34.5 Å². The van der Waals surface area contributed by atoms with Gasteiger partial charge in [-0.25, -0.2) is 0 Å². The van der Waals surface area contributed by atoms with E-state index in [9.17, 15) is 4.79 Å². The molecular formula is C13H16BrNO2S. The minimum atomic E-state index is -0.220. The molecule has 0 aromatic heterocycles. The summed E-state index contributed by atoms with van der Waals surface area (Å²) in [4.78, 5) is 12.7. The molecule has 1 saturated heterocycles. The highest BCUT2D eigenvalue weighted by molar-refractivity contribution is 9.10. The van der Waals surface area contributed by atoms with Gasteiger partial charge in [-0.05, 0) is 38.0 Å². The van der Waals surface area contributed by atoms with Crippen LogP contribution >= 0.6 is 28.6 Å². The summed E-state index contributed by atoms with van der Waals surface area (Å²) in [6, 6.07) is 5.41. The molecule has 2 rings (SSSR count). The van der Waals surface area contributed by atoms with E-state index in [2.05, 4.69) is 33.9 Å². The van der Waals surface area contributed by atoms with Gasteiger partial charge in [-0.2, -0.15) is 0 Å². The highest BCUT2D eigenvalue weighted by Gasteiger charge is 2.30. The topological polar surface area (TPSA) is 38.3 Å². The Balaban J connectivity index is 1.99. The SMILES string of the molecule is CC1(CNC(=O)c2ccc(Br)cc2S)CCCO1. The minimum absolute atomic E-state index is 0.107. The Morgan fingerprint density at radius 3 is 3.00 bits per heavy atom. The van der Waals surface area contributed by atoms with Crippen molar-refractivity contribution in [2.45, 2.75) is 30.3 Å². The average Bonchev–Trinajstić information content (AvgIpc) is 2.74. The molecule has 1 heterocycles. The highest BCUT2D eigenvalue weighted by Crippen LogP contribution is 2.24. The average molecular weight is 330 g/mol. The molecule has 0 saturated carbocycles. The third-order valence-electron chi connectivity index (χ3n) is 3.13. The summed E-state index contributed by atoms with van der Waals surface area (Å²) < 4.78 is 6.55. The number of rotatable bonds is 3. The first-order chi connectivity index (χ1) is 8.50. The third kappa shape index (κ3) is 3.28. The van der Waals surface area contributed by atoms with Crippen molar-refractivity contribution in [2.75, 3.05) is 13.2 Å². The van der Waals surface area contributed by atoms with Gasteiger partial charge in [-0.3, -0.25) is 4.79 Å². The van der Waals surface area contributed by atoms with Crippen molar-refractivity contribution in [1.29, 1.82) is 0 Å². The second-order valence-electron chi connectivity index (χ2n) is 4.75. The molecule has 1 N–H and O–H groups in total. The molecule has 18 heavy (non-hydrogen) atoms. The first-order valence-electron chi connectivity index (χ1n) is 5.91. The van der Waals surface area contributed by atoms with Gasteiger partial charge in [0.15, 0.2) is 0 Å². The summed E-state index contributed by atoms with van der Waals surface area (Å²) in [5.41, 5.74) is 0.366. The number of carbonyl (C=O) groups excluding carboxylic acids is 1. The van der Waals surface area contributed by atoms with E-state index in [1.54, 1.807) is 6.07 Å². The molecule has 1 aliphatic heterocycles. The van der Waals surface area contributed by atoms with Crippen LogP contribution in [-0.2, 0) is 4.74 Å². The largest absolute Gasteiger partial charge is 0.373 e. The number of benzene rings is 1. The Labute approximate surface area is 121 Å². The van der Waals surface area contributed by atoms with E-state index >= 15 is 0 Å². The summed E-state index contributed by atoms with van der Waals surface area (Å²) >= 11 is 7.65.